The molecule has 0 spiro atoms. The number of hydrogen-bond acceptors (Lipinski definition) is 3. The van der Waals surface area contributed by atoms with Crippen LogP contribution in [0.1, 0.15) is 5.56 Å². The van der Waals surface area contributed by atoms with Crippen molar-refractivity contribution >= 4 is 28.9 Å². The van der Waals surface area contributed by atoms with Gasteiger partial charge in [-0.1, -0.05) is 23.2 Å². The van der Waals surface area contributed by atoms with Crippen LogP contribution in [-0.2, 0) is 6.42 Å². The van der Waals surface area contributed by atoms with Crippen molar-refractivity contribution in [1.29, 1.82) is 0 Å². The molecule has 0 radical (unpaired) electrons. The van der Waals surface area contributed by atoms with Crippen LogP contribution in [0.4, 0.5) is 14.5 Å². The number of benzene rings is 1. The SMILES string of the molecule is FC(F)Oc1cncc(Cl)c1-c1cc(Cl)c2c(c1)CCN2. The van der Waals surface area contributed by atoms with Crippen LogP contribution in [0.5, 0.6) is 5.75 Å². The van der Waals surface area contributed by atoms with E-state index < -0.39 is 6.61 Å². The topological polar surface area (TPSA) is 34.1 Å². The van der Waals surface area contributed by atoms with Crippen molar-refractivity contribution < 1.29 is 13.5 Å². The average Bonchev–Trinajstić information content (AvgIpc) is 2.87. The first-order valence-electron chi connectivity index (χ1n) is 6.21. The highest BCUT2D eigenvalue weighted by Crippen LogP contribution is 2.41. The minimum Gasteiger partial charge on any atom is -0.432 e. The highest BCUT2D eigenvalue weighted by atomic mass is 35.5. The number of pyridine rings is 1. The van der Waals surface area contributed by atoms with Gasteiger partial charge in [0.15, 0.2) is 5.75 Å². The molecule has 3 nitrogen and oxygen atoms in total. The van der Waals surface area contributed by atoms with Gasteiger partial charge in [-0.25, -0.2) is 0 Å². The fourth-order valence-electron chi connectivity index (χ4n) is 2.41. The van der Waals surface area contributed by atoms with E-state index in [4.69, 9.17) is 23.2 Å². The van der Waals surface area contributed by atoms with Gasteiger partial charge in [0.1, 0.15) is 0 Å². The fourth-order valence-corrected chi connectivity index (χ4v) is 2.97. The van der Waals surface area contributed by atoms with Crippen molar-refractivity contribution in [2.24, 2.45) is 0 Å². The van der Waals surface area contributed by atoms with Gasteiger partial charge in [-0.05, 0) is 29.7 Å². The maximum Gasteiger partial charge on any atom is 0.387 e. The van der Waals surface area contributed by atoms with Crippen LogP contribution in [0.15, 0.2) is 24.5 Å². The Hall–Kier alpha value is -1.59. The second kappa shape index (κ2) is 5.66. The third-order valence-electron chi connectivity index (χ3n) is 3.24. The number of nitrogens with one attached hydrogen (secondary N) is 1. The molecule has 0 atom stereocenters. The van der Waals surface area contributed by atoms with Crippen molar-refractivity contribution in [2.75, 3.05) is 11.9 Å². The number of halogens is 4. The van der Waals surface area contributed by atoms with E-state index >= 15 is 0 Å². The molecule has 0 bridgehead atoms. The van der Waals surface area contributed by atoms with Crippen LogP contribution in [-0.4, -0.2) is 18.1 Å². The molecule has 110 valence electrons. The molecule has 0 saturated carbocycles. The highest BCUT2D eigenvalue weighted by molar-refractivity contribution is 6.35. The Labute approximate surface area is 129 Å². The van der Waals surface area contributed by atoms with Crippen LogP contribution in [0.3, 0.4) is 0 Å². The Balaban J connectivity index is 2.14. The molecule has 2 heterocycles. The molecule has 21 heavy (non-hydrogen) atoms. The van der Waals surface area contributed by atoms with Gasteiger partial charge in [-0.15, -0.1) is 0 Å². The van der Waals surface area contributed by atoms with E-state index in [1.165, 1.54) is 12.4 Å². The van der Waals surface area contributed by atoms with Crippen LogP contribution in [0.2, 0.25) is 10.0 Å². The molecule has 0 amide bonds. The van der Waals surface area contributed by atoms with Crippen molar-refractivity contribution in [3.05, 3.63) is 40.1 Å². The summed E-state index contributed by atoms with van der Waals surface area (Å²) >= 11 is 12.3. The number of anilines is 1. The first-order valence-corrected chi connectivity index (χ1v) is 6.97. The smallest absolute Gasteiger partial charge is 0.387 e. The van der Waals surface area contributed by atoms with Crippen molar-refractivity contribution in [1.82, 2.24) is 4.98 Å². The fraction of sp³-hybridized carbons (Fsp3) is 0.214. The Morgan fingerprint density at radius 2 is 2.00 bits per heavy atom. The molecule has 1 aromatic heterocycles. The van der Waals surface area contributed by atoms with Crippen molar-refractivity contribution in [3.63, 3.8) is 0 Å². The van der Waals surface area contributed by atoms with Gasteiger partial charge in [0.2, 0.25) is 0 Å². The lowest BCUT2D eigenvalue weighted by Crippen LogP contribution is -2.04. The number of hydrogen-bond donors (Lipinski definition) is 1. The summed E-state index contributed by atoms with van der Waals surface area (Å²) in [6, 6.07) is 3.55. The molecule has 3 rings (SSSR count). The predicted molar refractivity (Wildman–Crippen MR) is 78.5 cm³/mol. The van der Waals surface area contributed by atoms with E-state index in [1.54, 1.807) is 6.07 Å². The van der Waals surface area contributed by atoms with Crippen molar-refractivity contribution in [3.8, 4) is 16.9 Å². The number of fused-ring (bicyclic) bond motifs is 1. The molecule has 1 aromatic carbocycles. The molecule has 0 aliphatic carbocycles. The number of rotatable bonds is 3. The quantitative estimate of drug-likeness (QED) is 0.891. The molecule has 1 N–H and O–H groups in total. The largest absolute Gasteiger partial charge is 0.432 e. The Morgan fingerprint density at radius 3 is 2.76 bits per heavy atom. The maximum absolute atomic E-state index is 12.5. The lowest BCUT2D eigenvalue weighted by molar-refractivity contribution is -0.0496. The monoisotopic (exact) mass is 330 g/mol. The van der Waals surface area contributed by atoms with Gasteiger partial charge in [-0.2, -0.15) is 8.78 Å². The second-order valence-electron chi connectivity index (χ2n) is 4.54. The Bertz CT molecular complexity index is 695. The van der Waals surface area contributed by atoms with Crippen LogP contribution in [0.25, 0.3) is 11.1 Å². The van der Waals surface area contributed by atoms with Gasteiger partial charge in [-0.3, -0.25) is 4.98 Å². The summed E-state index contributed by atoms with van der Waals surface area (Å²) < 4.78 is 29.5. The number of nitrogens with zero attached hydrogens (tertiary/aromatic N) is 1. The molecule has 7 heteroatoms. The van der Waals surface area contributed by atoms with Gasteiger partial charge < -0.3 is 10.1 Å². The summed E-state index contributed by atoms with van der Waals surface area (Å²) in [6.07, 6.45) is 3.41. The Morgan fingerprint density at radius 1 is 1.19 bits per heavy atom. The van der Waals surface area contributed by atoms with Gasteiger partial charge in [0.05, 0.1) is 21.9 Å². The standard InChI is InChI=1S/C14H10Cl2F2N2O/c15-9-4-8(3-7-1-2-20-13(7)9)12-10(16)5-19-6-11(12)21-14(17)18/h3-6,14,20H,1-2H2. The highest BCUT2D eigenvalue weighted by Gasteiger charge is 2.20. The molecule has 1 aliphatic rings. The van der Waals surface area contributed by atoms with E-state index in [0.717, 1.165) is 24.2 Å². The minimum atomic E-state index is -2.95. The summed E-state index contributed by atoms with van der Waals surface area (Å²) in [7, 11) is 0. The molecule has 1 aliphatic heterocycles. The zero-order valence-electron chi connectivity index (χ0n) is 10.7. The summed E-state index contributed by atoms with van der Waals surface area (Å²) in [5.41, 5.74) is 2.89. The van der Waals surface area contributed by atoms with E-state index in [0.29, 0.717) is 16.1 Å². The van der Waals surface area contributed by atoms with Gasteiger partial charge in [0, 0.05) is 18.3 Å². The molecule has 0 unspecified atom stereocenters. The molecular weight excluding hydrogens is 321 g/mol. The molecule has 0 saturated heterocycles. The zero-order valence-corrected chi connectivity index (χ0v) is 12.2. The van der Waals surface area contributed by atoms with Crippen molar-refractivity contribution in [2.45, 2.75) is 13.0 Å². The number of aromatic nitrogens is 1. The van der Waals surface area contributed by atoms with Gasteiger partial charge in [0.25, 0.3) is 0 Å². The number of ether oxygens (including phenoxy) is 1. The first-order chi connectivity index (χ1) is 10.1. The summed E-state index contributed by atoms with van der Waals surface area (Å²) in [6.45, 7) is -2.15. The summed E-state index contributed by atoms with van der Waals surface area (Å²) in [4.78, 5) is 3.78. The minimum absolute atomic E-state index is 0.0699. The van der Waals surface area contributed by atoms with Crippen LogP contribution < -0.4 is 10.1 Å². The molecule has 2 aromatic rings. The zero-order chi connectivity index (χ0) is 15.0. The molecular formula is C14H10Cl2F2N2O. The Kier molecular flexibility index (Phi) is 3.87. The van der Waals surface area contributed by atoms with E-state index in [9.17, 15) is 8.78 Å². The predicted octanol–water partition coefficient (Wildman–Crippen LogP) is 4.62. The summed E-state index contributed by atoms with van der Waals surface area (Å²) in [5, 5.41) is 3.94. The third-order valence-corrected chi connectivity index (χ3v) is 3.82. The van der Waals surface area contributed by atoms with Crippen LogP contribution in [0, 0.1) is 0 Å². The number of alkyl halides is 2. The summed E-state index contributed by atoms with van der Waals surface area (Å²) in [5.74, 6) is -0.0699. The second-order valence-corrected chi connectivity index (χ2v) is 5.36. The normalized spacial score (nSPS) is 13.2. The van der Waals surface area contributed by atoms with Gasteiger partial charge >= 0.3 is 6.61 Å². The third kappa shape index (κ3) is 2.76. The van der Waals surface area contributed by atoms with E-state index in [1.807, 2.05) is 6.07 Å². The lowest BCUT2D eigenvalue weighted by Gasteiger charge is -2.13. The maximum atomic E-state index is 12.5. The van der Waals surface area contributed by atoms with E-state index in [-0.39, 0.29) is 10.8 Å². The lowest BCUT2D eigenvalue weighted by atomic mass is 10.0. The molecule has 0 fully saturated rings. The van der Waals surface area contributed by atoms with E-state index in [2.05, 4.69) is 15.0 Å². The average molecular weight is 331 g/mol. The van der Waals surface area contributed by atoms with Crippen LogP contribution >= 0.6 is 23.2 Å². The first kappa shape index (κ1) is 14.4.